The summed E-state index contributed by atoms with van der Waals surface area (Å²) in [6.07, 6.45) is 1.46. The monoisotopic (exact) mass is 402 g/mol. The molecule has 0 aromatic heterocycles. The molecule has 8 heteroatoms. The molecule has 7 nitrogen and oxygen atoms in total. The van der Waals surface area contributed by atoms with E-state index in [1.165, 1.54) is 26.2 Å². The third kappa shape index (κ3) is 6.44. The summed E-state index contributed by atoms with van der Waals surface area (Å²) in [4.78, 5) is 35.6. The molecule has 0 spiro atoms. The SMILES string of the molecule is COc1ccc(NC(=O)COC(=O)C(=Cc2ccccc2)NC(C)=O)cc1Cl. The second-order valence-corrected chi connectivity index (χ2v) is 6.03. The Labute approximate surface area is 167 Å². The van der Waals surface area contributed by atoms with Crippen LogP contribution in [-0.2, 0) is 19.1 Å². The first-order valence-corrected chi connectivity index (χ1v) is 8.61. The zero-order valence-corrected chi connectivity index (χ0v) is 16.1. The highest BCUT2D eigenvalue weighted by molar-refractivity contribution is 6.32. The molecule has 0 unspecified atom stereocenters. The van der Waals surface area contributed by atoms with Crippen LogP contribution in [-0.4, -0.2) is 31.5 Å². The van der Waals surface area contributed by atoms with Gasteiger partial charge in [0.2, 0.25) is 5.91 Å². The second kappa shape index (κ2) is 10.1. The molecule has 2 N–H and O–H groups in total. The Hall–Kier alpha value is -3.32. The summed E-state index contributed by atoms with van der Waals surface area (Å²) < 4.78 is 10.0. The minimum atomic E-state index is -0.832. The van der Waals surface area contributed by atoms with E-state index in [1.54, 1.807) is 36.4 Å². The summed E-state index contributed by atoms with van der Waals surface area (Å²) >= 11 is 6.00. The fraction of sp³-hybridized carbons (Fsp3) is 0.150. The van der Waals surface area contributed by atoms with Gasteiger partial charge in [-0.3, -0.25) is 9.59 Å². The van der Waals surface area contributed by atoms with E-state index in [1.807, 2.05) is 6.07 Å². The van der Waals surface area contributed by atoms with Crippen molar-refractivity contribution in [2.75, 3.05) is 19.0 Å². The van der Waals surface area contributed by atoms with Crippen LogP contribution >= 0.6 is 11.6 Å². The van der Waals surface area contributed by atoms with Crippen LogP contribution in [0, 0.1) is 0 Å². The molecule has 2 aromatic carbocycles. The largest absolute Gasteiger partial charge is 0.495 e. The van der Waals surface area contributed by atoms with Gasteiger partial charge in [-0.25, -0.2) is 4.79 Å². The van der Waals surface area contributed by atoms with Gasteiger partial charge in [0.25, 0.3) is 5.91 Å². The maximum absolute atomic E-state index is 12.3. The third-order valence-electron chi connectivity index (χ3n) is 3.41. The van der Waals surface area contributed by atoms with Crippen molar-refractivity contribution in [2.24, 2.45) is 0 Å². The maximum atomic E-state index is 12.3. The normalized spacial score (nSPS) is 10.8. The lowest BCUT2D eigenvalue weighted by Crippen LogP contribution is -2.28. The van der Waals surface area contributed by atoms with E-state index < -0.39 is 24.4 Å². The van der Waals surface area contributed by atoms with Crippen LogP contribution in [0.15, 0.2) is 54.2 Å². The molecule has 0 bridgehead atoms. The van der Waals surface area contributed by atoms with E-state index in [-0.39, 0.29) is 5.70 Å². The van der Waals surface area contributed by atoms with Crippen molar-refractivity contribution < 1.29 is 23.9 Å². The Morgan fingerprint density at radius 3 is 2.43 bits per heavy atom. The molecule has 146 valence electrons. The molecule has 0 heterocycles. The first-order valence-electron chi connectivity index (χ1n) is 8.24. The Morgan fingerprint density at radius 2 is 1.82 bits per heavy atom. The number of ether oxygens (including phenoxy) is 2. The number of benzene rings is 2. The van der Waals surface area contributed by atoms with E-state index in [0.717, 1.165) is 0 Å². The lowest BCUT2D eigenvalue weighted by molar-refractivity contribution is -0.144. The highest BCUT2D eigenvalue weighted by Crippen LogP contribution is 2.27. The summed E-state index contributed by atoms with van der Waals surface area (Å²) in [5.41, 5.74) is 1.05. The van der Waals surface area contributed by atoms with Crippen LogP contribution in [0.4, 0.5) is 5.69 Å². The molecule has 0 fully saturated rings. The van der Waals surface area contributed by atoms with Gasteiger partial charge in [0.05, 0.1) is 12.1 Å². The minimum Gasteiger partial charge on any atom is -0.495 e. The zero-order valence-electron chi connectivity index (χ0n) is 15.3. The van der Waals surface area contributed by atoms with Crippen molar-refractivity contribution in [1.29, 1.82) is 0 Å². The summed E-state index contributed by atoms with van der Waals surface area (Å²) in [5.74, 6) is -1.35. The Bertz CT molecular complexity index is 897. The molecule has 0 aliphatic heterocycles. The maximum Gasteiger partial charge on any atom is 0.355 e. The van der Waals surface area contributed by atoms with Crippen molar-refractivity contribution >= 4 is 41.1 Å². The van der Waals surface area contributed by atoms with Gasteiger partial charge in [0.1, 0.15) is 11.4 Å². The number of halogens is 1. The van der Waals surface area contributed by atoms with Crippen molar-refractivity contribution in [3.8, 4) is 5.75 Å². The number of rotatable bonds is 7. The van der Waals surface area contributed by atoms with E-state index >= 15 is 0 Å². The van der Waals surface area contributed by atoms with Crippen LogP contribution in [0.25, 0.3) is 6.08 Å². The van der Waals surface area contributed by atoms with Gasteiger partial charge >= 0.3 is 5.97 Å². The smallest absolute Gasteiger partial charge is 0.355 e. The number of carbonyl (C=O) groups excluding carboxylic acids is 3. The van der Waals surface area contributed by atoms with Crippen LogP contribution in [0.5, 0.6) is 5.75 Å². The van der Waals surface area contributed by atoms with Crippen molar-refractivity contribution in [1.82, 2.24) is 5.32 Å². The fourth-order valence-corrected chi connectivity index (χ4v) is 2.46. The van der Waals surface area contributed by atoms with Crippen LogP contribution < -0.4 is 15.4 Å². The van der Waals surface area contributed by atoms with E-state index in [9.17, 15) is 14.4 Å². The molecule has 2 aromatic rings. The summed E-state index contributed by atoms with van der Waals surface area (Å²) in [5, 5.41) is 5.29. The molecular formula is C20H19ClN2O5. The Balaban J connectivity index is 1.99. The van der Waals surface area contributed by atoms with E-state index in [4.69, 9.17) is 21.1 Å². The number of methoxy groups -OCH3 is 1. The summed E-state index contributed by atoms with van der Waals surface area (Å²) in [6, 6.07) is 13.6. The average molecular weight is 403 g/mol. The predicted molar refractivity (Wildman–Crippen MR) is 106 cm³/mol. The number of hydrogen-bond acceptors (Lipinski definition) is 5. The second-order valence-electron chi connectivity index (χ2n) is 5.62. The van der Waals surface area contributed by atoms with Crippen LogP contribution in [0.1, 0.15) is 12.5 Å². The van der Waals surface area contributed by atoms with Crippen LogP contribution in [0.2, 0.25) is 5.02 Å². The Kier molecular flexibility index (Phi) is 7.59. The molecule has 0 atom stereocenters. The van der Waals surface area contributed by atoms with Gasteiger partial charge in [0, 0.05) is 12.6 Å². The number of esters is 1. The molecule has 0 aliphatic carbocycles. The lowest BCUT2D eigenvalue weighted by Gasteiger charge is -2.10. The number of hydrogen-bond donors (Lipinski definition) is 2. The number of amides is 2. The molecule has 2 amide bonds. The topological polar surface area (TPSA) is 93.7 Å². The highest BCUT2D eigenvalue weighted by Gasteiger charge is 2.15. The van der Waals surface area contributed by atoms with Gasteiger partial charge in [-0.15, -0.1) is 0 Å². The Morgan fingerprint density at radius 1 is 1.11 bits per heavy atom. The van der Waals surface area contributed by atoms with E-state index in [0.29, 0.717) is 22.0 Å². The lowest BCUT2D eigenvalue weighted by atomic mass is 10.2. The molecule has 28 heavy (non-hydrogen) atoms. The third-order valence-corrected chi connectivity index (χ3v) is 3.71. The van der Waals surface area contributed by atoms with Gasteiger partial charge in [-0.2, -0.15) is 0 Å². The van der Waals surface area contributed by atoms with Crippen LogP contribution in [0.3, 0.4) is 0 Å². The van der Waals surface area contributed by atoms with Gasteiger partial charge in [0.15, 0.2) is 6.61 Å². The predicted octanol–water partition coefficient (Wildman–Crippen LogP) is 3.01. The van der Waals surface area contributed by atoms with Crippen molar-refractivity contribution in [3.63, 3.8) is 0 Å². The molecule has 0 radical (unpaired) electrons. The van der Waals surface area contributed by atoms with Crippen molar-refractivity contribution in [2.45, 2.75) is 6.92 Å². The highest BCUT2D eigenvalue weighted by atomic mass is 35.5. The molecule has 2 rings (SSSR count). The summed E-state index contributed by atoms with van der Waals surface area (Å²) in [7, 11) is 1.48. The average Bonchev–Trinajstić information content (AvgIpc) is 2.66. The first kappa shape index (κ1) is 21.0. The van der Waals surface area contributed by atoms with Gasteiger partial charge in [-0.1, -0.05) is 41.9 Å². The van der Waals surface area contributed by atoms with Crippen molar-refractivity contribution in [3.05, 3.63) is 64.8 Å². The quantitative estimate of drug-likeness (QED) is 0.548. The number of anilines is 1. The number of carbonyl (C=O) groups is 3. The molecule has 0 saturated heterocycles. The minimum absolute atomic E-state index is 0.0704. The summed E-state index contributed by atoms with van der Waals surface area (Å²) in [6.45, 7) is 0.737. The van der Waals surface area contributed by atoms with E-state index in [2.05, 4.69) is 10.6 Å². The van der Waals surface area contributed by atoms with Gasteiger partial charge < -0.3 is 20.1 Å². The van der Waals surface area contributed by atoms with Gasteiger partial charge in [-0.05, 0) is 29.8 Å². The fourth-order valence-electron chi connectivity index (χ4n) is 2.20. The molecule has 0 saturated carbocycles. The standard InChI is InChI=1S/C20H19ClN2O5/c1-13(24)22-17(10-14-6-4-3-5-7-14)20(26)28-12-19(25)23-15-8-9-18(27-2)16(21)11-15/h3-11H,12H2,1-2H3,(H,22,24)(H,23,25). The number of nitrogens with one attached hydrogen (secondary N) is 2. The first-order chi connectivity index (χ1) is 13.4. The molecule has 0 aliphatic rings. The zero-order chi connectivity index (χ0) is 20.5. The molecular weight excluding hydrogens is 384 g/mol.